The second kappa shape index (κ2) is 16.2. The van der Waals surface area contributed by atoms with E-state index in [2.05, 4.69) is 20.3 Å². The first kappa shape index (κ1) is 32.2. The van der Waals surface area contributed by atoms with E-state index in [1.807, 2.05) is 0 Å². The van der Waals surface area contributed by atoms with Crippen LogP contribution in [0.3, 0.4) is 0 Å². The van der Waals surface area contributed by atoms with Gasteiger partial charge in [-0.3, -0.25) is 0 Å². The van der Waals surface area contributed by atoms with Crippen molar-refractivity contribution in [3.8, 4) is 11.4 Å². The minimum Gasteiger partial charge on any atom is -0.327 e. The molecule has 0 spiro atoms. The van der Waals surface area contributed by atoms with Gasteiger partial charge in [-0.25, -0.2) is 13.2 Å². The molecule has 0 unspecified atom stereocenters. The van der Waals surface area contributed by atoms with E-state index in [-0.39, 0.29) is 34.2 Å². The van der Waals surface area contributed by atoms with Gasteiger partial charge in [0.2, 0.25) is 5.82 Å². The summed E-state index contributed by atoms with van der Waals surface area (Å²) in [6.07, 6.45) is -5.03. The van der Waals surface area contributed by atoms with Crippen LogP contribution in [0.2, 0.25) is 5.02 Å². The summed E-state index contributed by atoms with van der Waals surface area (Å²) in [5.74, 6) is -2.29. The lowest BCUT2D eigenvalue weighted by molar-refractivity contribution is 0.337. The van der Waals surface area contributed by atoms with Crippen LogP contribution >= 0.6 is 35.1 Å². The van der Waals surface area contributed by atoms with Crippen LogP contribution in [0.4, 0.5) is 30.7 Å². The predicted octanol–water partition coefficient (Wildman–Crippen LogP) is 9.31. The van der Waals surface area contributed by atoms with Crippen LogP contribution in [0.1, 0.15) is 24.2 Å². The van der Waals surface area contributed by atoms with E-state index in [0.29, 0.717) is 28.7 Å². The average molecular weight is 639 g/mol. The molecule has 0 fully saturated rings. The second-order valence-electron chi connectivity index (χ2n) is 7.70. The van der Waals surface area contributed by atoms with Gasteiger partial charge in [0.1, 0.15) is 5.82 Å². The van der Waals surface area contributed by atoms with E-state index in [1.165, 1.54) is 12.1 Å². The fourth-order valence-corrected chi connectivity index (χ4v) is 4.32. The first-order valence-corrected chi connectivity index (χ1v) is 13.8. The highest BCUT2D eigenvalue weighted by Gasteiger charge is 2.12. The zero-order valence-electron chi connectivity index (χ0n) is 20.6. The Balaban J connectivity index is 0.000000226. The standard InChI is InChI=1S/C13H10F4N2OS.C12H8ClF3N2OS/c14-9-3-1-8(2-4-9)7-11-18-13(20-19-11)21-6-5-10(15)12(16)17;13-8-3-1-7(2-4-8)11-17-12(19-18-11)20-6-5-9(14)10(15)16/h1-4H,5-7H2;1-4H,5-6H2. The number of benzene rings is 2. The molecule has 218 valence electrons. The summed E-state index contributed by atoms with van der Waals surface area (Å²) in [5, 5.41) is 8.42. The molecule has 0 saturated heterocycles. The Kier molecular flexibility index (Phi) is 12.7. The van der Waals surface area contributed by atoms with E-state index in [1.54, 1.807) is 36.4 Å². The molecule has 0 N–H and O–H groups in total. The molecule has 2 aromatic carbocycles. The molecule has 0 aliphatic rings. The summed E-state index contributed by atoms with van der Waals surface area (Å²) in [5.41, 5.74) is 1.52. The summed E-state index contributed by atoms with van der Waals surface area (Å²) in [4.78, 5) is 8.10. The van der Waals surface area contributed by atoms with Crippen LogP contribution in [-0.4, -0.2) is 31.8 Å². The van der Waals surface area contributed by atoms with Gasteiger partial charge >= 0.3 is 12.2 Å². The Morgan fingerprint density at radius 1 is 0.707 bits per heavy atom. The lowest BCUT2D eigenvalue weighted by Crippen LogP contribution is -1.91. The highest BCUT2D eigenvalue weighted by atomic mass is 35.5. The van der Waals surface area contributed by atoms with Crippen LogP contribution in [-0.2, 0) is 6.42 Å². The summed E-state index contributed by atoms with van der Waals surface area (Å²) in [7, 11) is 0. The molecule has 0 aliphatic heterocycles. The van der Waals surface area contributed by atoms with Crippen molar-refractivity contribution in [1.29, 1.82) is 0 Å². The van der Waals surface area contributed by atoms with E-state index < -0.39 is 30.2 Å². The molecule has 0 radical (unpaired) electrons. The number of nitrogens with zero attached hydrogens (tertiary/aromatic N) is 4. The topological polar surface area (TPSA) is 77.8 Å². The molecule has 0 saturated carbocycles. The predicted molar refractivity (Wildman–Crippen MR) is 140 cm³/mol. The van der Waals surface area contributed by atoms with Gasteiger partial charge < -0.3 is 9.05 Å². The van der Waals surface area contributed by atoms with Gasteiger partial charge in [-0.2, -0.15) is 27.5 Å². The van der Waals surface area contributed by atoms with E-state index in [9.17, 15) is 30.7 Å². The number of hydrogen-bond donors (Lipinski definition) is 0. The number of allylic oxidation sites excluding steroid dienone is 2. The first-order chi connectivity index (χ1) is 19.6. The van der Waals surface area contributed by atoms with Crippen molar-refractivity contribution in [2.45, 2.75) is 29.7 Å². The van der Waals surface area contributed by atoms with Crippen molar-refractivity contribution >= 4 is 35.1 Å². The molecule has 0 atom stereocenters. The Morgan fingerprint density at radius 2 is 1.24 bits per heavy atom. The number of thioether (sulfide) groups is 2. The summed E-state index contributed by atoms with van der Waals surface area (Å²) >= 11 is 7.76. The summed E-state index contributed by atoms with van der Waals surface area (Å²) in [6.45, 7) is 0. The zero-order valence-corrected chi connectivity index (χ0v) is 23.0. The van der Waals surface area contributed by atoms with Gasteiger partial charge in [0.05, 0.1) is 0 Å². The summed E-state index contributed by atoms with van der Waals surface area (Å²) in [6, 6.07) is 12.7. The van der Waals surface area contributed by atoms with Gasteiger partial charge in [0, 0.05) is 41.4 Å². The van der Waals surface area contributed by atoms with Crippen LogP contribution < -0.4 is 0 Å². The quantitative estimate of drug-likeness (QED) is 0.119. The molecule has 0 amide bonds. The molecule has 2 aromatic heterocycles. The highest BCUT2D eigenvalue weighted by molar-refractivity contribution is 7.99. The maximum atomic E-state index is 12.8. The second-order valence-corrected chi connectivity index (χ2v) is 10.2. The minimum absolute atomic E-state index is 0.0708. The smallest absolute Gasteiger partial charge is 0.301 e. The maximum Gasteiger partial charge on any atom is 0.301 e. The Bertz CT molecular complexity index is 1460. The minimum atomic E-state index is -2.31. The van der Waals surface area contributed by atoms with Gasteiger partial charge in [-0.05, 0) is 42.0 Å². The highest BCUT2D eigenvalue weighted by Crippen LogP contribution is 2.25. The van der Waals surface area contributed by atoms with Crippen LogP contribution in [0.5, 0.6) is 0 Å². The van der Waals surface area contributed by atoms with E-state index in [0.717, 1.165) is 29.1 Å². The number of aromatic nitrogens is 4. The molecule has 2 heterocycles. The SMILES string of the molecule is FC(F)=C(F)CCSc1nc(-c2ccc(Cl)cc2)no1.FC(F)=C(F)CCSc1nc(Cc2ccc(F)cc2)no1. The van der Waals surface area contributed by atoms with Gasteiger partial charge in [0.15, 0.2) is 17.5 Å². The van der Waals surface area contributed by atoms with E-state index in [4.69, 9.17) is 20.6 Å². The largest absolute Gasteiger partial charge is 0.327 e. The first-order valence-electron chi connectivity index (χ1n) is 11.4. The van der Waals surface area contributed by atoms with Crippen LogP contribution in [0.15, 0.2) is 91.8 Å². The zero-order chi connectivity index (χ0) is 29.8. The molecular weight excluding hydrogens is 621 g/mol. The van der Waals surface area contributed by atoms with Crippen molar-refractivity contribution in [2.24, 2.45) is 0 Å². The molecule has 6 nitrogen and oxygen atoms in total. The third-order valence-corrected chi connectivity index (χ3v) is 6.63. The molecule has 4 rings (SSSR count). The van der Waals surface area contributed by atoms with Crippen molar-refractivity contribution in [3.63, 3.8) is 0 Å². The lowest BCUT2D eigenvalue weighted by atomic mass is 10.1. The summed E-state index contributed by atoms with van der Waals surface area (Å²) < 4.78 is 95.1. The van der Waals surface area contributed by atoms with Crippen molar-refractivity contribution < 1.29 is 39.8 Å². The Labute approximate surface area is 242 Å². The van der Waals surface area contributed by atoms with Crippen molar-refractivity contribution in [1.82, 2.24) is 20.3 Å². The fraction of sp³-hybridized carbons (Fsp3) is 0.200. The van der Waals surface area contributed by atoms with Gasteiger partial charge in [0.25, 0.3) is 10.4 Å². The Hall–Kier alpha value is -3.30. The van der Waals surface area contributed by atoms with Crippen LogP contribution in [0.25, 0.3) is 11.4 Å². The number of halogens is 8. The third kappa shape index (κ3) is 11.2. The molecule has 4 aromatic rings. The molecule has 41 heavy (non-hydrogen) atoms. The van der Waals surface area contributed by atoms with Crippen molar-refractivity contribution in [3.05, 3.63) is 94.6 Å². The molecule has 0 bridgehead atoms. The average Bonchev–Trinajstić information content (AvgIpc) is 3.60. The van der Waals surface area contributed by atoms with Gasteiger partial charge in [-0.1, -0.05) is 57.6 Å². The van der Waals surface area contributed by atoms with Crippen molar-refractivity contribution in [2.75, 3.05) is 11.5 Å². The number of rotatable bonds is 11. The maximum absolute atomic E-state index is 12.8. The normalized spacial score (nSPS) is 10.6. The molecule has 16 heteroatoms. The van der Waals surface area contributed by atoms with Crippen LogP contribution in [0, 0.1) is 5.82 Å². The third-order valence-electron chi connectivity index (χ3n) is 4.74. The van der Waals surface area contributed by atoms with E-state index >= 15 is 0 Å². The monoisotopic (exact) mass is 638 g/mol. The fourth-order valence-electron chi connectivity index (χ4n) is 2.78. The molecular formula is C25H18ClF7N4O2S2. The lowest BCUT2D eigenvalue weighted by Gasteiger charge is -1.95. The molecule has 0 aliphatic carbocycles. The Morgan fingerprint density at radius 3 is 1.80 bits per heavy atom. The number of hydrogen-bond acceptors (Lipinski definition) is 8. The van der Waals surface area contributed by atoms with Gasteiger partial charge in [-0.15, -0.1) is 0 Å².